The summed E-state index contributed by atoms with van der Waals surface area (Å²) in [6.07, 6.45) is 4.90. The molecule has 4 rings (SSSR count). The molecular weight excluding hydrogens is 576 g/mol. The van der Waals surface area contributed by atoms with Crippen LogP contribution in [0.25, 0.3) is 0 Å². The van der Waals surface area contributed by atoms with Gasteiger partial charge >= 0.3 is 0 Å². The van der Waals surface area contributed by atoms with Crippen LogP contribution in [-0.2, 0) is 21.4 Å². The molecule has 2 N–H and O–H groups in total. The van der Waals surface area contributed by atoms with Gasteiger partial charge in [0.05, 0.1) is 16.5 Å². The average molecular weight is 613 g/mol. The summed E-state index contributed by atoms with van der Waals surface area (Å²) in [5, 5.41) is 2.10. The summed E-state index contributed by atoms with van der Waals surface area (Å²) in [5.41, 5.74) is 6.87. The largest absolute Gasteiger partial charge is 0.369 e. The first-order valence-corrected chi connectivity index (χ1v) is 15.1. The van der Waals surface area contributed by atoms with E-state index in [4.69, 9.17) is 52.1 Å². The lowest BCUT2D eigenvalue weighted by Gasteiger charge is -2.45. The number of piperidine rings is 2. The van der Waals surface area contributed by atoms with Gasteiger partial charge in [-0.1, -0.05) is 66.3 Å². The van der Waals surface area contributed by atoms with Gasteiger partial charge in [-0.05, 0) is 99.1 Å². The van der Waals surface area contributed by atoms with Crippen molar-refractivity contribution in [2.75, 3.05) is 32.7 Å². The molecule has 2 saturated heterocycles. The van der Waals surface area contributed by atoms with Crippen molar-refractivity contribution in [2.45, 2.75) is 57.8 Å². The number of rotatable bonds is 8. The van der Waals surface area contributed by atoms with Crippen LogP contribution >= 0.6 is 46.4 Å². The molecule has 2 aliphatic rings. The van der Waals surface area contributed by atoms with Crippen molar-refractivity contribution >= 4 is 58.2 Å². The SMILES string of the molecule is CC(C)(C(N)=O)C1CCN(CCC2(c3ccc(Cl)c(Cl)c3)CCCN(C(=O)Cc3cc(Cl)cc(Cl)c3)C2)CC1. The van der Waals surface area contributed by atoms with E-state index >= 15 is 0 Å². The van der Waals surface area contributed by atoms with Crippen LogP contribution in [-0.4, -0.2) is 54.3 Å². The lowest BCUT2D eigenvalue weighted by Crippen LogP contribution is -2.51. The Morgan fingerprint density at radius 1 is 0.974 bits per heavy atom. The highest BCUT2D eigenvalue weighted by Crippen LogP contribution is 2.41. The number of amides is 2. The number of halogens is 4. The van der Waals surface area contributed by atoms with E-state index in [0.717, 1.165) is 62.9 Å². The number of primary amides is 1. The number of carbonyl (C=O) groups is 2. The fourth-order valence-electron chi connectivity index (χ4n) is 6.21. The van der Waals surface area contributed by atoms with Crippen LogP contribution in [0.1, 0.15) is 57.1 Å². The van der Waals surface area contributed by atoms with Gasteiger partial charge in [-0.15, -0.1) is 0 Å². The molecular formula is C30H37Cl4N3O2. The number of nitrogens with zero attached hydrogens (tertiary/aromatic N) is 2. The third-order valence-electron chi connectivity index (χ3n) is 8.89. The van der Waals surface area contributed by atoms with Crippen molar-refractivity contribution < 1.29 is 9.59 Å². The average Bonchev–Trinajstić information content (AvgIpc) is 2.88. The van der Waals surface area contributed by atoms with Gasteiger partial charge in [0.1, 0.15) is 0 Å². The minimum atomic E-state index is -0.495. The molecule has 0 bridgehead atoms. The van der Waals surface area contributed by atoms with E-state index in [-0.39, 0.29) is 29.6 Å². The molecule has 1 atom stereocenters. The Morgan fingerprint density at radius 2 is 1.64 bits per heavy atom. The quantitative estimate of drug-likeness (QED) is 0.348. The molecule has 5 nitrogen and oxygen atoms in total. The van der Waals surface area contributed by atoms with Crippen molar-refractivity contribution in [1.82, 2.24) is 9.80 Å². The van der Waals surface area contributed by atoms with Crippen LogP contribution in [0, 0.1) is 11.3 Å². The molecule has 212 valence electrons. The molecule has 9 heteroatoms. The van der Waals surface area contributed by atoms with Gasteiger partial charge in [-0.2, -0.15) is 0 Å². The molecule has 0 radical (unpaired) electrons. The third kappa shape index (κ3) is 7.23. The summed E-state index contributed by atoms with van der Waals surface area (Å²) in [7, 11) is 0. The minimum Gasteiger partial charge on any atom is -0.369 e. The van der Waals surface area contributed by atoms with Crippen molar-refractivity contribution in [2.24, 2.45) is 17.1 Å². The van der Waals surface area contributed by atoms with E-state index in [9.17, 15) is 9.59 Å². The molecule has 2 heterocycles. The van der Waals surface area contributed by atoms with Gasteiger partial charge in [0.2, 0.25) is 11.8 Å². The third-order valence-corrected chi connectivity index (χ3v) is 10.1. The predicted octanol–water partition coefficient (Wildman–Crippen LogP) is 7.02. The summed E-state index contributed by atoms with van der Waals surface area (Å²) in [6.45, 7) is 8.00. The first kappa shape index (κ1) is 30.5. The summed E-state index contributed by atoms with van der Waals surface area (Å²) in [4.78, 5) is 29.9. The van der Waals surface area contributed by atoms with Crippen LogP contribution in [0.4, 0.5) is 0 Å². The Balaban J connectivity index is 1.50. The summed E-state index contributed by atoms with van der Waals surface area (Å²) in [5.74, 6) is 0.122. The molecule has 2 aliphatic heterocycles. The molecule has 2 amide bonds. The normalized spacial score (nSPS) is 21.2. The molecule has 0 spiro atoms. The van der Waals surface area contributed by atoms with Crippen LogP contribution < -0.4 is 5.73 Å². The molecule has 0 saturated carbocycles. The van der Waals surface area contributed by atoms with Gasteiger partial charge < -0.3 is 15.5 Å². The van der Waals surface area contributed by atoms with Crippen LogP contribution in [0.3, 0.4) is 0 Å². The Morgan fingerprint density at radius 3 is 2.26 bits per heavy atom. The lowest BCUT2D eigenvalue weighted by molar-refractivity contribution is -0.133. The summed E-state index contributed by atoms with van der Waals surface area (Å²) in [6, 6.07) is 11.1. The monoisotopic (exact) mass is 611 g/mol. The van der Waals surface area contributed by atoms with Crippen molar-refractivity contribution in [3.05, 3.63) is 67.6 Å². The zero-order chi connectivity index (χ0) is 28.4. The van der Waals surface area contributed by atoms with E-state index < -0.39 is 5.41 Å². The Hall–Kier alpha value is -1.50. The van der Waals surface area contributed by atoms with E-state index in [1.54, 1.807) is 18.2 Å². The molecule has 0 aliphatic carbocycles. The predicted molar refractivity (Wildman–Crippen MR) is 161 cm³/mol. The van der Waals surface area contributed by atoms with E-state index in [1.807, 2.05) is 30.9 Å². The first-order chi connectivity index (χ1) is 18.4. The molecule has 1 unspecified atom stereocenters. The van der Waals surface area contributed by atoms with E-state index in [2.05, 4.69) is 11.0 Å². The maximum absolute atomic E-state index is 13.5. The number of benzene rings is 2. The second kappa shape index (κ2) is 12.6. The minimum absolute atomic E-state index is 0.0620. The zero-order valence-electron chi connectivity index (χ0n) is 22.6. The molecule has 39 heavy (non-hydrogen) atoms. The Bertz CT molecular complexity index is 1190. The van der Waals surface area contributed by atoms with Crippen molar-refractivity contribution in [1.29, 1.82) is 0 Å². The first-order valence-electron chi connectivity index (χ1n) is 13.6. The van der Waals surface area contributed by atoms with Crippen molar-refractivity contribution in [3.63, 3.8) is 0 Å². The van der Waals surface area contributed by atoms with Gasteiger partial charge in [-0.25, -0.2) is 0 Å². The number of carbonyl (C=O) groups excluding carboxylic acids is 2. The number of likely N-dealkylation sites (tertiary alicyclic amines) is 2. The topological polar surface area (TPSA) is 66.6 Å². The second-order valence-electron chi connectivity index (χ2n) is 11.7. The van der Waals surface area contributed by atoms with Gasteiger partial charge in [0.15, 0.2) is 0 Å². The summed E-state index contributed by atoms with van der Waals surface area (Å²) < 4.78 is 0. The Kier molecular flexibility index (Phi) is 9.81. The van der Waals surface area contributed by atoms with Gasteiger partial charge in [0.25, 0.3) is 0 Å². The number of nitrogens with two attached hydrogens (primary N) is 1. The van der Waals surface area contributed by atoms with Crippen LogP contribution in [0.15, 0.2) is 36.4 Å². The molecule has 2 aromatic carbocycles. The second-order valence-corrected chi connectivity index (χ2v) is 13.4. The van der Waals surface area contributed by atoms with E-state index in [1.165, 1.54) is 0 Å². The van der Waals surface area contributed by atoms with E-state index in [0.29, 0.717) is 33.2 Å². The highest BCUT2D eigenvalue weighted by molar-refractivity contribution is 6.42. The zero-order valence-corrected chi connectivity index (χ0v) is 25.6. The number of hydrogen-bond donors (Lipinski definition) is 1. The van der Waals surface area contributed by atoms with Gasteiger partial charge in [-0.3, -0.25) is 9.59 Å². The number of hydrogen-bond acceptors (Lipinski definition) is 3. The molecule has 0 aromatic heterocycles. The maximum Gasteiger partial charge on any atom is 0.227 e. The highest BCUT2D eigenvalue weighted by atomic mass is 35.5. The summed E-state index contributed by atoms with van der Waals surface area (Å²) >= 11 is 25.1. The highest BCUT2D eigenvalue weighted by Gasteiger charge is 2.41. The fraction of sp³-hybridized carbons (Fsp3) is 0.533. The lowest BCUT2D eigenvalue weighted by atomic mass is 9.71. The fourth-order valence-corrected chi connectivity index (χ4v) is 7.08. The van der Waals surface area contributed by atoms with Gasteiger partial charge in [0, 0.05) is 34.0 Å². The molecule has 2 aromatic rings. The van der Waals surface area contributed by atoms with Crippen LogP contribution in [0.5, 0.6) is 0 Å². The Labute approximate surface area is 251 Å². The van der Waals surface area contributed by atoms with Crippen molar-refractivity contribution in [3.8, 4) is 0 Å². The smallest absolute Gasteiger partial charge is 0.227 e. The standard InChI is InChI=1S/C30H37Cl4N3O2/c1-29(2,28(35)39)21-6-11-36(12-7-21)13-9-30(22-4-5-25(33)26(34)17-22)8-3-10-37(19-30)27(38)16-20-14-23(31)18-24(32)15-20/h4-5,14-15,17-18,21H,3,6-13,16,19H2,1-2H3,(H2,35,39). The van der Waals surface area contributed by atoms with Crippen LogP contribution in [0.2, 0.25) is 20.1 Å². The maximum atomic E-state index is 13.5. The molecule has 2 fully saturated rings.